The summed E-state index contributed by atoms with van der Waals surface area (Å²) >= 11 is 0. The number of ether oxygens (including phenoxy) is 1. The Balaban J connectivity index is 1.74. The average Bonchev–Trinajstić information content (AvgIpc) is 3.10. The second-order valence-corrected chi connectivity index (χ2v) is 5.36. The Morgan fingerprint density at radius 3 is 2.95 bits per heavy atom. The third-order valence-corrected chi connectivity index (χ3v) is 3.99. The van der Waals surface area contributed by atoms with Gasteiger partial charge in [0.1, 0.15) is 0 Å². The molecule has 0 saturated carbocycles. The Morgan fingerprint density at radius 1 is 1.38 bits per heavy atom. The Morgan fingerprint density at radius 2 is 2.19 bits per heavy atom. The lowest BCUT2D eigenvalue weighted by molar-refractivity contribution is -0.144. The van der Waals surface area contributed by atoms with Crippen molar-refractivity contribution in [2.75, 3.05) is 25.5 Å². The van der Waals surface area contributed by atoms with Crippen molar-refractivity contribution in [1.29, 1.82) is 0 Å². The largest absolute Gasteiger partial charge is 0.469 e. The van der Waals surface area contributed by atoms with Crippen LogP contribution in [-0.2, 0) is 20.7 Å². The third-order valence-electron chi connectivity index (χ3n) is 3.99. The van der Waals surface area contributed by atoms with E-state index in [0.717, 1.165) is 5.56 Å². The van der Waals surface area contributed by atoms with E-state index in [0.29, 0.717) is 37.2 Å². The van der Waals surface area contributed by atoms with Gasteiger partial charge in [-0.15, -0.1) is 0 Å². The van der Waals surface area contributed by atoms with Gasteiger partial charge in [0.25, 0.3) is 5.91 Å². The summed E-state index contributed by atoms with van der Waals surface area (Å²) in [4.78, 5) is 36.9. The molecular formula is C15H16N2O4. The van der Waals surface area contributed by atoms with E-state index in [1.165, 1.54) is 7.11 Å². The minimum Gasteiger partial charge on any atom is -0.469 e. The first-order valence-corrected chi connectivity index (χ1v) is 6.88. The van der Waals surface area contributed by atoms with Crippen molar-refractivity contribution < 1.29 is 19.1 Å². The molecule has 2 amide bonds. The van der Waals surface area contributed by atoms with Gasteiger partial charge in [-0.1, -0.05) is 6.07 Å². The fourth-order valence-corrected chi connectivity index (χ4v) is 2.83. The maximum Gasteiger partial charge on any atom is 0.310 e. The molecule has 21 heavy (non-hydrogen) atoms. The molecule has 2 aliphatic heterocycles. The Bertz CT molecular complexity index is 626. The van der Waals surface area contributed by atoms with Crippen LogP contribution in [0.5, 0.6) is 0 Å². The number of likely N-dealkylation sites (tertiary alicyclic amines) is 1. The lowest BCUT2D eigenvalue weighted by atomic mass is 10.1. The summed E-state index contributed by atoms with van der Waals surface area (Å²) in [6, 6.07) is 5.23. The van der Waals surface area contributed by atoms with Gasteiger partial charge in [-0.05, 0) is 24.1 Å². The van der Waals surface area contributed by atoms with Gasteiger partial charge in [-0.3, -0.25) is 14.4 Å². The van der Waals surface area contributed by atoms with Crippen molar-refractivity contribution in [1.82, 2.24) is 4.90 Å². The van der Waals surface area contributed by atoms with Gasteiger partial charge in [0.15, 0.2) is 0 Å². The van der Waals surface area contributed by atoms with E-state index in [2.05, 4.69) is 5.32 Å². The molecule has 0 radical (unpaired) electrons. The number of anilines is 1. The van der Waals surface area contributed by atoms with Gasteiger partial charge >= 0.3 is 5.97 Å². The molecule has 0 aromatic heterocycles. The number of nitrogens with one attached hydrogen (secondary N) is 1. The maximum atomic E-state index is 12.4. The number of methoxy groups -OCH3 is 1. The lowest BCUT2D eigenvalue weighted by Crippen LogP contribution is -2.30. The zero-order chi connectivity index (χ0) is 15.0. The molecule has 110 valence electrons. The minimum atomic E-state index is -0.272. The van der Waals surface area contributed by atoms with Crippen molar-refractivity contribution in [3.05, 3.63) is 29.3 Å². The second-order valence-electron chi connectivity index (χ2n) is 5.36. The Labute approximate surface area is 122 Å². The molecule has 0 spiro atoms. The molecule has 6 heteroatoms. The quantitative estimate of drug-likeness (QED) is 0.817. The highest BCUT2D eigenvalue weighted by atomic mass is 16.5. The number of hydrogen-bond donors (Lipinski definition) is 1. The number of esters is 1. The van der Waals surface area contributed by atoms with Crippen LogP contribution in [-0.4, -0.2) is 42.9 Å². The van der Waals surface area contributed by atoms with E-state index in [4.69, 9.17) is 4.74 Å². The number of nitrogens with zero attached hydrogens (tertiary/aromatic N) is 1. The smallest absolute Gasteiger partial charge is 0.310 e. The van der Waals surface area contributed by atoms with E-state index in [9.17, 15) is 14.4 Å². The molecule has 1 aromatic carbocycles. The summed E-state index contributed by atoms with van der Waals surface area (Å²) in [5.41, 5.74) is 2.14. The van der Waals surface area contributed by atoms with Crippen LogP contribution >= 0.6 is 0 Å². The molecule has 0 aliphatic carbocycles. The molecule has 3 rings (SSSR count). The topological polar surface area (TPSA) is 75.7 Å². The normalized spacial score (nSPS) is 20.1. The van der Waals surface area contributed by atoms with Gasteiger partial charge in [0, 0.05) is 24.3 Å². The van der Waals surface area contributed by atoms with Crippen LogP contribution in [0.2, 0.25) is 0 Å². The van der Waals surface area contributed by atoms with Crippen molar-refractivity contribution in [2.45, 2.75) is 12.8 Å². The van der Waals surface area contributed by atoms with Crippen LogP contribution in [0.25, 0.3) is 0 Å². The van der Waals surface area contributed by atoms with Crippen molar-refractivity contribution in [3.63, 3.8) is 0 Å². The molecule has 1 fully saturated rings. The molecule has 1 aromatic rings. The average molecular weight is 288 g/mol. The SMILES string of the molecule is COC(=O)C1CCN(C(=O)c2ccc3c(c2)NC(=O)C3)C1. The molecule has 1 N–H and O–H groups in total. The van der Waals surface area contributed by atoms with E-state index in [1.54, 1.807) is 23.1 Å². The number of fused-ring (bicyclic) bond motifs is 1. The first-order valence-electron chi connectivity index (χ1n) is 6.88. The number of rotatable bonds is 2. The number of carbonyl (C=O) groups excluding carboxylic acids is 3. The molecule has 1 unspecified atom stereocenters. The number of benzene rings is 1. The highest BCUT2D eigenvalue weighted by Gasteiger charge is 2.32. The van der Waals surface area contributed by atoms with Crippen LogP contribution in [0.4, 0.5) is 5.69 Å². The predicted octanol–water partition coefficient (Wildman–Crippen LogP) is 0.816. The van der Waals surface area contributed by atoms with Crippen LogP contribution < -0.4 is 5.32 Å². The summed E-state index contributed by atoms with van der Waals surface area (Å²) in [5, 5.41) is 2.74. The van der Waals surface area contributed by atoms with E-state index in [-0.39, 0.29) is 23.7 Å². The second kappa shape index (κ2) is 5.20. The maximum absolute atomic E-state index is 12.4. The molecule has 1 atom stereocenters. The van der Waals surface area contributed by atoms with E-state index in [1.807, 2.05) is 0 Å². The van der Waals surface area contributed by atoms with Crippen LogP contribution in [0, 0.1) is 5.92 Å². The molecule has 1 saturated heterocycles. The van der Waals surface area contributed by atoms with Gasteiger partial charge in [-0.25, -0.2) is 0 Å². The molecular weight excluding hydrogens is 272 g/mol. The summed E-state index contributed by atoms with van der Waals surface area (Å²) in [6.07, 6.45) is 0.984. The van der Waals surface area contributed by atoms with Gasteiger partial charge < -0.3 is 15.0 Å². The van der Waals surface area contributed by atoms with Crippen molar-refractivity contribution >= 4 is 23.5 Å². The highest BCUT2D eigenvalue weighted by Crippen LogP contribution is 2.26. The summed E-state index contributed by atoms with van der Waals surface area (Å²) in [6.45, 7) is 0.928. The standard InChI is InChI=1S/C15H16N2O4/c1-21-15(20)11-4-5-17(8-11)14(19)10-3-2-9-7-13(18)16-12(9)6-10/h2-3,6,11H,4-5,7-8H2,1H3,(H,16,18). The van der Waals surface area contributed by atoms with Gasteiger partial charge in [0.05, 0.1) is 19.4 Å². The molecule has 0 bridgehead atoms. The zero-order valence-electron chi connectivity index (χ0n) is 11.7. The summed E-state index contributed by atoms with van der Waals surface area (Å²) < 4.78 is 4.72. The first kappa shape index (κ1) is 13.6. The fourth-order valence-electron chi connectivity index (χ4n) is 2.83. The zero-order valence-corrected chi connectivity index (χ0v) is 11.7. The van der Waals surface area contributed by atoms with E-state index >= 15 is 0 Å². The Hall–Kier alpha value is -2.37. The Kier molecular flexibility index (Phi) is 3.37. The van der Waals surface area contributed by atoms with E-state index < -0.39 is 0 Å². The predicted molar refractivity (Wildman–Crippen MR) is 74.8 cm³/mol. The molecule has 2 aliphatic rings. The van der Waals surface area contributed by atoms with Crippen molar-refractivity contribution in [3.8, 4) is 0 Å². The number of hydrogen-bond acceptors (Lipinski definition) is 4. The first-order chi connectivity index (χ1) is 10.1. The molecule has 2 heterocycles. The van der Waals surface area contributed by atoms with Gasteiger partial charge in [-0.2, -0.15) is 0 Å². The van der Waals surface area contributed by atoms with Crippen molar-refractivity contribution in [2.24, 2.45) is 5.92 Å². The van der Waals surface area contributed by atoms with Crippen LogP contribution in [0.3, 0.4) is 0 Å². The monoisotopic (exact) mass is 288 g/mol. The fraction of sp³-hybridized carbons (Fsp3) is 0.400. The summed E-state index contributed by atoms with van der Waals surface area (Å²) in [5.74, 6) is -0.688. The number of amides is 2. The van der Waals surface area contributed by atoms with Gasteiger partial charge in [0.2, 0.25) is 5.91 Å². The third kappa shape index (κ3) is 2.49. The van der Waals surface area contributed by atoms with Crippen LogP contribution in [0.15, 0.2) is 18.2 Å². The van der Waals surface area contributed by atoms with Crippen LogP contribution in [0.1, 0.15) is 22.3 Å². The lowest BCUT2D eigenvalue weighted by Gasteiger charge is -2.16. The highest BCUT2D eigenvalue weighted by molar-refractivity contribution is 6.02. The number of carbonyl (C=O) groups is 3. The summed E-state index contributed by atoms with van der Waals surface area (Å²) in [7, 11) is 1.36. The minimum absolute atomic E-state index is 0.0541. The molecule has 6 nitrogen and oxygen atoms in total.